The van der Waals surface area contributed by atoms with Gasteiger partial charge in [-0.1, -0.05) is 43.2 Å². The zero-order valence-electron chi connectivity index (χ0n) is 17.2. The summed E-state index contributed by atoms with van der Waals surface area (Å²) in [7, 11) is 0. The molecule has 2 amide bonds. The van der Waals surface area contributed by atoms with Crippen molar-refractivity contribution >= 4 is 11.8 Å². The average Bonchev–Trinajstić information content (AvgIpc) is 3.02. The van der Waals surface area contributed by atoms with Crippen molar-refractivity contribution in [2.75, 3.05) is 13.1 Å². The first-order valence-corrected chi connectivity index (χ1v) is 10.3. The van der Waals surface area contributed by atoms with Gasteiger partial charge in [-0.15, -0.1) is 0 Å². The summed E-state index contributed by atoms with van der Waals surface area (Å²) in [6.07, 6.45) is 7.23. The zero-order valence-corrected chi connectivity index (χ0v) is 17.2. The van der Waals surface area contributed by atoms with Crippen LogP contribution in [0.1, 0.15) is 71.9 Å². The first kappa shape index (κ1) is 20.8. The van der Waals surface area contributed by atoms with Crippen LogP contribution in [0, 0.1) is 0 Å². The minimum Gasteiger partial charge on any atom is -0.350 e. The largest absolute Gasteiger partial charge is 0.350 e. The van der Waals surface area contributed by atoms with E-state index in [1.807, 2.05) is 44.2 Å². The molecule has 1 fully saturated rings. The molecule has 0 radical (unpaired) electrons. The Labute approximate surface area is 171 Å². The second-order valence-corrected chi connectivity index (χ2v) is 7.83. The van der Waals surface area contributed by atoms with Gasteiger partial charge in [0.2, 0.25) is 5.43 Å². The fraction of sp³-hybridized carbons (Fsp3) is 0.435. The highest BCUT2D eigenvalue weighted by Gasteiger charge is 2.24. The van der Waals surface area contributed by atoms with E-state index >= 15 is 0 Å². The maximum absolute atomic E-state index is 13.1. The molecule has 2 heterocycles. The van der Waals surface area contributed by atoms with Crippen LogP contribution in [-0.2, 0) is 6.54 Å². The first-order valence-electron chi connectivity index (χ1n) is 10.3. The van der Waals surface area contributed by atoms with Gasteiger partial charge in [0.25, 0.3) is 11.8 Å². The van der Waals surface area contributed by atoms with E-state index in [0.717, 1.165) is 31.2 Å². The third-order valence-corrected chi connectivity index (χ3v) is 5.31. The highest BCUT2D eigenvalue weighted by Crippen LogP contribution is 2.14. The lowest BCUT2D eigenvalue weighted by Crippen LogP contribution is -2.38. The number of aromatic nitrogens is 1. The van der Waals surface area contributed by atoms with Crippen LogP contribution < -0.4 is 10.7 Å². The summed E-state index contributed by atoms with van der Waals surface area (Å²) in [6, 6.07) is 9.54. The summed E-state index contributed by atoms with van der Waals surface area (Å²) in [5.74, 6) is -0.734. The molecule has 1 saturated heterocycles. The van der Waals surface area contributed by atoms with Crippen molar-refractivity contribution in [1.82, 2.24) is 14.8 Å². The average molecular weight is 396 g/mol. The molecule has 1 aromatic carbocycles. The Kier molecular flexibility index (Phi) is 6.86. The molecule has 1 aliphatic rings. The Morgan fingerprint density at radius 1 is 0.966 bits per heavy atom. The molecule has 0 bridgehead atoms. The number of carbonyl (C=O) groups excluding carboxylic acids is 2. The molecule has 3 rings (SSSR count). The van der Waals surface area contributed by atoms with Crippen LogP contribution in [0.15, 0.2) is 47.5 Å². The lowest BCUT2D eigenvalue weighted by molar-refractivity contribution is 0.0759. The quantitative estimate of drug-likeness (QED) is 0.844. The van der Waals surface area contributed by atoms with E-state index in [0.29, 0.717) is 19.6 Å². The van der Waals surface area contributed by atoms with Gasteiger partial charge in [0.1, 0.15) is 11.1 Å². The molecule has 6 nitrogen and oxygen atoms in total. The lowest BCUT2D eigenvalue weighted by Gasteiger charge is -2.21. The molecular weight excluding hydrogens is 366 g/mol. The van der Waals surface area contributed by atoms with E-state index in [2.05, 4.69) is 5.32 Å². The first-order chi connectivity index (χ1) is 14.0. The second kappa shape index (κ2) is 9.54. The minimum absolute atomic E-state index is 0.00954. The minimum atomic E-state index is -0.498. The van der Waals surface area contributed by atoms with E-state index < -0.39 is 11.3 Å². The number of rotatable bonds is 5. The molecule has 0 aliphatic carbocycles. The van der Waals surface area contributed by atoms with Gasteiger partial charge < -0.3 is 14.8 Å². The summed E-state index contributed by atoms with van der Waals surface area (Å²) in [6.45, 7) is 5.55. The Balaban J connectivity index is 1.89. The summed E-state index contributed by atoms with van der Waals surface area (Å²) >= 11 is 0. The number of amides is 2. The number of pyridine rings is 1. The molecule has 1 N–H and O–H groups in total. The van der Waals surface area contributed by atoms with Crippen LogP contribution in [0.3, 0.4) is 0 Å². The standard InChI is InChI=1S/C23H29N3O3/c1-17(2)26-15-19(22(28)24-14-18-10-6-5-7-11-18)21(27)20(16-26)23(29)25-12-8-3-4-9-13-25/h5-7,10-11,15-17H,3-4,8-9,12-14H2,1-2H3,(H,24,28). The Bertz CT molecular complexity index is 911. The van der Waals surface area contributed by atoms with E-state index in [1.54, 1.807) is 21.9 Å². The number of carbonyl (C=O) groups is 2. The number of benzene rings is 1. The summed E-state index contributed by atoms with van der Waals surface area (Å²) in [5.41, 5.74) is 0.534. The van der Waals surface area contributed by atoms with E-state index in [9.17, 15) is 14.4 Å². The third-order valence-electron chi connectivity index (χ3n) is 5.31. The summed E-state index contributed by atoms with van der Waals surface area (Å²) in [4.78, 5) is 40.6. The van der Waals surface area contributed by atoms with Gasteiger partial charge in [-0.2, -0.15) is 0 Å². The lowest BCUT2D eigenvalue weighted by atomic mass is 10.1. The molecule has 0 saturated carbocycles. The monoisotopic (exact) mass is 395 g/mol. The van der Waals surface area contributed by atoms with Crippen molar-refractivity contribution in [3.63, 3.8) is 0 Å². The van der Waals surface area contributed by atoms with E-state index in [4.69, 9.17) is 0 Å². The van der Waals surface area contributed by atoms with Gasteiger partial charge in [-0.3, -0.25) is 14.4 Å². The highest BCUT2D eigenvalue weighted by molar-refractivity contribution is 5.99. The SMILES string of the molecule is CC(C)n1cc(C(=O)NCc2ccccc2)c(=O)c(C(=O)N2CCCCCC2)c1. The molecule has 0 unspecified atom stereocenters. The van der Waals surface area contributed by atoms with Gasteiger partial charge in [0, 0.05) is 38.1 Å². The second-order valence-electron chi connectivity index (χ2n) is 7.83. The van der Waals surface area contributed by atoms with Crippen LogP contribution in [0.4, 0.5) is 0 Å². The number of nitrogens with one attached hydrogen (secondary N) is 1. The molecule has 29 heavy (non-hydrogen) atoms. The third kappa shape index (κ3) is 5.13. The molecule has 2 aromatic rings. The summed E-state index contributed by atoms with van der Waals surface area (Å²) in [5, 5.41) is 2.80. The molecule has 0 spiro atoms. The smallest absolute Gasteiger partial charge is 0.259 e. The van der Waals surface area contributed by atoms with E-state index in [1.165, 1.54) is 0 Å². The van der Waals surface area contributed by atoms with Crippen molar-refractivity contribution in [1.29, 1.82) is 0 Å². The van der Waals surface area contributed by atoms with E-state index in [-0.39, 0.29) is 23.1 Å². The number of likely N-dealkylation sites (tertiary alicyclic amines) is 1. The van der Waals surface area contributed by atoms with Crippen molar-refractivity contribution in [2.45, 2.75) is 52.1 Å². The highest BCUT2D eigenvalue weighted by atomic mass is 16.2. The Morgan fingerprint density at radius 3 is 2.21 bits per heavy atom. The van der Waals surface area contributed by atoms with Crippen LogP contribution in [0.25, 0.3) is 0 Å². The van der Waals surface area contributed by atoms with Gasteiger partial charge >= 0.3 is 0 Å². The van der Waals surface area contributed by atoms with Crippen LogP contribution in [0.5, 0.6) is 0 Å². The van der Waals surface area contributed by atoms with Crippen molar-refractivity contribution in [2.24, 2.45) is 0 Å². The molecule has 1 aromatic heterocycles. The summed E-state index contributed by atoms with van der Waals surface area (Å²) < 4.78 is 1.77. The molecule has 6 heteroatoms. The molecule has 154 valence electrons. The van der Waals surface area contributed by atoms with Crippen molar-refractivity contribution in [3.8, 4) is 0 Å². The zero-order chi connectivity index (χ0) is 20.8. The topological polar surface area (TPSA) is 71.4 Å². The normalized spacial score (nSPS) is 14.5. The van der Waals surface area contributed by atoms with Gasteiger partial charge in [-0.25, -0.2) is 0 Å². The Morgan fingerprint density at radius 2 is 1.59 bits per heavy atom. The fourth-order valence-corrected chi connectivity index (χ4v) is 3.53. The van der Waals surface area contributed by atoms with Crippen LogP contribution in [0.2, 0.25) is 0 Å². The fourth-order valence-electron chi connectivity index (χ4n) is 3.53. The van der Waals surface area contributed by atoms with Gasteiger partial charge in [0.15, 0.2) is 0 Å². The number of hydrogen-bond donors (Lipinski definition) is 1. The maximum atomic E-state index is 13.1. The van der Waals surface area contributed by atoms with Gasteiger partial charge in [-0.05, 0) is 32.3 Å². The predicted octanol–water partition coefficient (Wildman–Crippen LogP) is 3.38. The number of hydrogen-bond acceptors (Lipinski definition) is 3. The Hall–Kier alpha value is -2.89. The van der Waals surface area contributed by atoms with Gasteiger partial charge in [0.05, 0.1) is 0 Å². The molecular formula is C23H29N3O3. The van der Waals surface area contributed by atoms with Crippen molar-refractivity contribution < 1.29 is 9.59 Å². The van der Waals surface area contributed by atoms with Crippen LogP contribution >= 0.6 is 0 Å². The predicted molar refractivity (Wildman–Crippen MR) is 113 cm³/mol. The molecule has 0 atom stereocenters. The van der Waals surface area contributed by atoms with Crippen molar-refractivity contribution in [3.05, 3.63) is 69.6 Å². The maximum Gasteiger partial charge on any atom is 0.259 e. The number of nitrogens with zero attached hydrogens (tertiary/aromatic N) is 2. The van der Waals surface area contributed by atoms with Crippen LogP contribution in [-0.4, -0.2) is 34.4 Å². The molecule has 1 aliphatic heterocycles.